The fraction of sp³-hybridized carbons (Fsp3) is 0.769. The van der Waals surface area contributed by atoms with Crippen LogP contribution in [0.1, 0.15) is 122 Å². The van der Waals surface area contributed by atoms with Crippen molar-refractivity contribution in [3.8, 4) is 0 Å². The lowest BCUT2D eigenvalue weighted by molar-refractivity contribution is -0.143. The molecule has 0 bridgehead atoms. The van der Waals surface area contributed by atoms with E-state index in [4.69, 9.17) is 4.74 Å². The van der Waals surface area contributed by atoms with Gasteiger partial charge < -0.3 is 4.74 Å². The van der Waals surface area contributed by atoms with Crippen LogP contribution >= 0.6 is 0 Å². The van der Waals surface area contributed by atoms with Crippen molar-refractivity contribution in [3.63, 3.8) is 0 Å². The van der Waals surface area contributed by atoms with Crippen LogP contribution < -0.4 is 0 Å². The van der Waals surface area contributed by atoms with Crippen LogP contribution in [0.5, 0.6) is 0 Å². The lowest BCUT2D eigenvalue weighted by Gasteiger charge is -2.16. The lowest BCUT2D eigenvalue weighted by atomic mass is 10.0. The van der Waals surface area contributed by atoms with Crippen LogP contribution in [0.15, 0.2) is 24.3 Å². The normalized spacial score (nSPS) is 16.4. The van der Waals surface area contributed by atoms with E-state index in [-0.39, 0.29) is 17.9 Å². The van der Waals surface area contributed by atoms with Gasteiger partial charge in [-0.25, -0.2) is 4.79 Å². The molecule has 0 aliphatic carbocycles. The number of unbranched alkanes of at least 4 members (excludes halogenated alkanes) is 14. The smallest absolute Gasteiger partial charge is 0.330 e. The van der Waals surface area contributed by atoms with Crippen molar-refractivity contribution in [3.05, 3.63) is 24.3 Å². The topological polar surface area (TPSA) is 43.4 Å². The first-order valence-corrected chi connectivity index (χ1v) is 12.3. The van der Waals surface area contributed by atoms with Crippen molar-refractivity contribution in [2.45, 2.75) is 129 Å². The summed E-state index contributed by atoms with van der Waals surface area (Å²) in [6.45, 7) is 2.27. The highest BCUT2D eigenvalue weighted by Gasteiger charge is 2.14. The first kappa shape index (κ1) is 25.7. The van der Waals surface area contributed by atoms with E-state index in [9.17, 15) is 9.59 Å². The fourth-order valence-electron chi connectivity index (χ4n) is 3.82. The summed E-state index contributed by atoms with van der Waals surface area (Å²) in [5, 5.41) is 0. The number of allylic oxidation sites excluding steroid dienone is 1. The molecule has 3 nitrogen and oxygen atoms in total. The van der Waals surface area contributed by atoms with Gasteiger partial charge in [0.25, 0.3) is 0 Å². The van der Waals surface area contributed by atoms with Gasteiger partial charge in [0.15, 0.2) is 5.78 Å². The summed E-state index contributed by atoms with van der Waals surface area (Å²) in [7, 11) is 0. The molecule has 0 N–H and O–H groups in total. The van der Waals surface area contributed by atoms with Gasteiger partial charge in [-0.05, 0) is 12.5 Å². The maximum absolute atomic E-state index is 11.9. The molecule has 1 heterocycles. The Bertz CT molecular complexity index is 478. The molecular formula is C26H44O3. The van der Waals surface area contributed by atoms with Crippen LogP contribution in [0.3, 0.4) is 0 Å². The third-order valence-corrected chi connectivity index (χ3v) is 5.67. The lowest BCUT2D eigenvalue weighted by Crippen LogP contribution is -2.18. The van der Waals surface area contributed by atoms with Crippen molar-refractivity contribution in [2.75, 3.05) is 0 Å². The summed E-state index contributed by atoms with van der Waals surface area (Å²) < 4.78 is 5.17. The average molecular weight is 405 g/mol. The zero-order chi connectivity index (χ0) is 21.0. The summed E-state index contributed by atoms with van der Waals surface area (Å²) in [6, 6.07) is 0. The second-order valence-electron chi connectivity index (χ2n) is 8.50. The number of ether oxygens (including phenoxy) is 1. The molecule has 0 saturated heterocycles. The number of rotatable bonds is 19. The predicted molar refractivity (Wildman–Crippen MR) is 122 cm³/mol. The summed E-state index contributed by atoms with van der Waals surface area (Å²) >= 11 is 0. The Morgan fingerprint density at radius 3 is 1.93 bits per heavy atom. The number of hydrogen-bond donors (Lipinski definition) is 0. The summed E-state index contributed by atoms with van der Waals surface area (Å²) in [6.07, 6.45) is 28.8. The van der Waals surface area contributed by atoms with Crippen molar-refractivity contribution in [1.82, 2.24) is 0 Å². The van der Waals surface area contributed by atoms with E-state index in [1.165, 1.54) is 89.5 Å². The molecular weight excluding hydrogens is 360 g/mol. The van der Waals surface area contributed by atoms with Gasteiger partial charge in [0.2, 0.25) is 0 Å². The number of cyclic esters (lactones) is 1. The van der Waals surface area contributed by atoms with E-state index in [1.54, 1.807) is 6.08 Å². The highest BCUT2D eigenvalue weighted by molar-refractivity contribution is 5.89. The predicted octanol–water partition coefficient (Wildman–Crippen LogP) is 7.64. The molecule has 0 aromatic carbocycles. The maximum Gasteiger partial charge on any atom is 0.330 e. The molecule has 1 aliphatic heterocycles. The van der Waals surface area contributed by atoms with E-state index >= 15 is 0 Å². The van der Waals surface area contributed by atoms with Gasteiger partial charge in [-0.2, -0.15) is 0 Å². The molecule has 1 rings (SSSR count). The SMILES string of the molecule is CCCCCCCCCCCCCCCCCC(=O)/C=C/C[C@@H]1CC=CC(=O)O1. The molecule has 0 radical (unpaired) electrons. The van der Waals surface area contributed by atoms with Gasteiger partial charge >= 0.3 is 5.97 Å². The minimum absolute atomic E-state index is 0.109. The molecule has 0 aromatic rings. The van der Waals surface area contributed by atoms with E-state index in [2.05, 4.69) is 6.92 Å². The Hall–Kier alpha value is -1.38. The number of esters is 1. The van der Waals surface area contributed by atoms with Gasteiger partial charge in [-0.15, -0.1) is 0 Å². The molecule has 1 aliphatic rings. The molecule has 166 valence electrons. The van der Waals surface area contributed by atoms with Gasteiger partial charge in [0.05, 0.1) is 0 Å². The number of carbonyl (C=O) groups excluding carboxylic acids is 2. The van der Waals surface area contributed by atoms with Crippen LogP contribution in [-0.2, 0) is 14.3 Å². The standard InChI is InChI=1S/C26H44O3/c1-2-3-4-5-6-7-8-9-10-11-12-13-14-15-16-19-24(27)20-17-21-25-22-18-23-26(28)29-25/h17-18,20,23,25H,2-16,19,21-22H2,1H3/b20-17+/t25-/m1/s1. The Balaban J connectivity index is 1.81. The Kier molecular flexibility index (Phi) is 16.5. The molecule has 29 heavy (non-hydrogen) atoms. The monoisotopic (exact) mass is 404 g/mol. The van der Waals surface area contributed by atoms with Crippen LogP contribution in [-0.4, -0.2) is 17.9 Å². The first-order chi connectivity index (χ1) is 14.2. The zero-order valence-electron chi connectivity index (χ0n) is 18.8. The highest BCUT2D eigenvalue weighted by Crippen LogP contribution is 2.14. The molecule has 3 heteroatoms. The quantitative estimate of drug-likeness (QED) is 0.126. The average Bonchev–Trinajstić information content (AvgIpc) is 2.71. The number of hydrogen-bond acceptors (Lipinski definition) is 3. The van der Waals surface area contributed by atoms with Crippen molar-refractivity contribution >= 4 is 11.8 Å². The minimum Gasteiger partial charge on any atom is -0.459 e. The van der Waals surface area contributed by atoms with Crippen molar-refractivity contribution in [1.29, 1.82) is 0 Å². The van der Waals surface area contributed by atoms with Gasteiger partial charge in [0.1, 0.15) is 6.10 Å². The first-order valence-electron chi connectivity index (χ1n) is 12.3. The zero-order valence-corrected chi connectivity index (χ0v) is 18.8. The van der Waals surface area contributed by atoms with Crippen molar-refractivity contribution in [2.24, 2.45) is 0 Å². The van der Waals surface area contributed by atoms with Gasteiger partial charge in [0, 0.05) is 25.3 Å². The van der Waals surface area contributed by atoms with E-state index in [0.29, 0.717) is 12.8 Å². The largest absolute Gasteiger partial charge is 0.459 e. The molecule has 0 unspecified atom stereocenters. The molecule has 1 atom stereocenters. The van der Waals surface area contributed by atoms with Gasteiger partial charge in [-0.3, -0.25) is 4.79 Å². The Labute approximate surface area is 179 Å². The van der Waals surface area contributed by atoms with Gasteiger partial charge in [-0.1, -0.05) is 109 Å². The summed E-state index contributed by atoms with van der Waals surface area (Å²) in [4.78, 5) is 23.0. The second kappa shape index (κ2) is 18.6. The van der Waals surface area contributed by atoms with Crippen LogP contribution in [0.25, 0.3) is 0 Å². The van der Waals surface area contributed by atoms with E-state index < -0.39 is 0 Å². The number of carbonyl (C=O) groups is 2. The van der Waals surface area contributed by atoms with Crippen LogP contribution in [0, 0.1) is 0 Å². The maximum atomic E-state index is 11.9. The van der Waals surface area contributed by atoms with Crippen LogP contribution in [0.2, 0.25) is 0 Å². The second-order valence-corrected chi connectivity index (χ2v) is 8.50. The molecule has 0 fully saturated rings. The third-order valence-electron chi connectivity index (χ3n) is 5.67. The minimum atomic E-state index is -0.279. The molecule has 0 aromatic heterocycles. The van der Waals surface area contributed by atoms with E-state index in [1.807, 2.05) is 12.2 Å². The summed E-state index contributed by atoms with van der Waals surface area (Å²) in [5.41, 5.74) is 0. The Morgan fingerprint density at radius 1 is 0.897 bits per heavy atom. The van der Waals surface area contributed by atoms with Crippen molar-refractivity contribution < 1.29 is 14.3 Å². The highest BCUT2D eigenvalue weighted by atomic mass is 16.5. The fourth-order valence-corrected chi connectivity index (χ4v) is 3.82. The molecule has 0 spiro atoms. The van der Waals surface area contributed by atoms with Crippen LogP contribution in [0.4, 0.5) is 0 Å². The van der Waals surface area contributed by atoms with E-state index in [0.717, 1.165) is 19.3 Å². The third kappa shape index (κ3) is 16.1. The molecule has 0 saturated carbocycles. The number of ketones is 1. The Morgan fingerprint density at radius 2 is 1.41 bits per heavy atom. The summed E-state index contributed by atoms with van der Waals surface area (Å²) in [5.74, 6) is -0.0869. The molecule has 0 amide bonds.